The Labute approximate surface area is 121 Å². The van der Waals surface area contributed by atoms with E-state index < -0.39 is 17.5 Å². The van der Waals surface area contributed by atoms with Crippen molar-refractivity contribution in [2.75, 3.05) is 14.2 Å². The van der Waals surface area contributed by atoms with Crippen LogP contribution in [0.2, 0.25) is 0 Å². The number of hydrogen-bond donors (Lipinski definition) is 0. The molecule has 1 amide bonds. The van der Waals surface area contributed by atoms with Gasteiger partial charge in [0.25, 0.3) is 5.91 Å². The van der Waals surface area contributed by atoms with Gasteiger partial charge in [0.15, 0.2) is 0 Å². The second kappa shape index (κ2) is 6.35. The maximum absolute atomic E-state index is 13.6. The Bertz CT molecular complexity index is 641. The maximum atomic E-state index is 13.6. The normalized spacial score (nSPS) is 10.3. The van der Waals surface area contributed by atoms with Crippen LogP contribution in [0.25, 0.3) is 0 Å². The first-order chi connectivity index (χ1) is 10.0. The smallest absolute Gasteiger partial charge is 0.256 e. The van der Waals surface area contributed by atoms with E-state index in [1.54, 1.807) is 19.2 Å². The number of halogens is 2. The molecule has 110 valence electrons. The molecule has 0 aliphatic carbocycles. The van der Waals surface area contributed by atoms with E-state index in [1.165, 1.54) is 11.9 Å². The molecule has 0 saturated carbocycles. The van der Waals surface area contributed by atoms with Crippen LogP contribution in [0.3, 0.4) is 0 Å². The SMILES string of the molecule is COc1ccc(CN(C)C(=O)c2cc(F)ccc2F)cc1. The van der Waals surface area contributed by atoms with Crippen molar-refractivity contribution in [1.82, 2.24) is 4.90 Å². The minimum atomic E-state index is -0.733. The fourth-order valence-corrected chi connectivity index (χ4v) is 1.94. The van der Waals surface area contributed by atoms with Gasteiger partial charge >= 0.3 is 0 Å². The molecule has 2 rings (SSSR count). The molecule has 0 aromatic heterocycles. The summed E-state index contributed by atoms with van der Waals surface area (Å²) in [6.45, 7) is 0.290. The van der Waals surface area contributed by atoms with Crippen molar-refractivity contribution in [2.45, 2.75) is 6.54 Å². The summed E-state index contributed by atoms with van der Waals surface area (Å²) >= 11 is 0. The van der Waals surface area contributed by atoms with E-state index in [9.17, 15) is 13.6 Å². The second-order valence-corrected chi connectivity index (χ2v) is 4.63. The van der Waals surface area contributed by atoms with E-state index >= 15 is 0 Å². The lowest BCUT2D eigenvalue weighted by Crippen LogP contribution is -2.27. The Morgan fingerprint density at radius 2 is 1.81 bits per heavy atom. The molecular weight excluding hydrogens is 276 g/mol. The highest BCUT2D eigenvalue weighted by molar-refractivity contribution is 5.94. The van der Waals surface area contributed by atoms with Gasteiger partial charge in [0.2, 0.25) is 0 Å². The van der Waals surface area contributed by atoms with Gasteiger partial charge in [-0.15, -0.1) is 0 Å². The standard InChI is InChI=1S/C16H15F2NO2/c1-19(10-11-3-6-13(21-2)7-4-11)16(20)14-9-12(17)5-8-15(14)18/h3-9H,10H2,1-2H3. The summed E-state index contributed by atoms with van der Waals surface area (Å²) < 4.78 is 31.8. The van der Waals surface area contributed by atoms with E-state index in [0.717, 1.165) is 23.8 Å². The van der Waals surface area contributed by atoms with Crippen molar-refractivity contribution in [3.8, 4) is 5.75 Å². The molecule has 2 aromatic carbocycles. The Kier molecular flexibility index (Phi) is 4.52. The van der Waals surface area contributed by atoms with Gasteiger partial charge in [0.1, 0.15) is 17.4 Å². The molecule has 0 atom stereocenters. The molecule has 0 bridgehead atoms. The molecule has 0 saturated heterocycles. The third kappa shape index (κ3) is 3.56. The molecule has 0 spiro atoms. The van der Waals surface area contributed by atoms with Crippen LogP contribution in [0.5, 0.6) is 5.75 Å². The Morgan fingerprint density at radius 1 is 1.14 bits per heavy atom. The summed E-state index contributed by atoms with van der Waals surface area (Å²) in [5.74, 6) is -1.23. The minimum absolute atomic E-state index is 0.272. The summed E-state index contributed by atoms with van der Waals surface area (Å²) in [7, 11) is 3.11. The van der Waals surface area contributed by atoms with Crippen molar-refractivity contribution < 1.29 is 18.3 Å². The average molecular weight is 291 g/mol. The molecule has 0 aliphatic rings. The van der Waals surface area contributed by atoms with E-state index in [2.05, 4.69) is 0 Å². The number of amides is 1. The van der Waals surface area contributed by atoms with Gasteiger partial charge in [-0.05, 0) is 35.9 Å². The molecule has 0 radical (unpaired) electrons. The van der Waals surface area contributed by atoms with Crippen LogP contribution in [0.4, 0.5) is 8.78 Å². The Morgan fingerprint density at radius 3 is 2.43 bits per heavy atom. The van der Waals surface area contributed by atoms with Crippen LogP contribution in [0.15, 0.2) is 42.5 Å². The highest BCUT2D eigenvalue weighted by atomic mass is 19.1. The van der Waals surface area contributed by atoms with Gasteiger partial charge in [-0.25, -0.2) is 8.78 Å². The van der Waals surface area contributed by atoms with Crippen LogP contribution >= 0.6 is 0 Å². The molecule has 2 aromatic rings. The number of benzene rings is 2. The van der Waals surface area contributed by atoms with Crippen LogP contribution in [0, 0.1) is 11.6 Å². The molecular formula is C16H15F2NO2. The minimum Gasteiger partial charge on any atom is -0.497 e. The van der Waals surface area contributed by atoms with Gasteiger partial charge in [-0.2, -0.15) is 0 Å². The maximum Gasteiger partial charge on any atom is 0.256 e. The predicted molar refractivity (Wildman–Crippen MR) is 75.1 cm³/mol. The molecule has 0 unspecified atom stereocenters. The summed E-state index contributed by atoms with van der Waals surface area (Å²) in [6.07, 6.45) is 0. The molecule has 5 heteroatoms. The number of hydrogen-bond acceptors (Lipinski definition) is 2. The molecule has 0 N–H and O–H groups in total. The predicted octanol–water partition coefficient (Wildman–Crippen LogP) is 3.25. The number of carbonyl (C=O) groups is 1. The zero-order chi connectivity index (χ0) is 15.4. The third-order valence-corrected chi connectivity index (χ3v) is 3.08. The number of methoxy groups -OCH3 is 1. The first kappa shape index (κ1) is 15.0. The lowest BCUT2D eigenvalue weighted by atomic mass is 10.1. The zero-order valence-electron chi connectivity index (χ0n) is 11.8. The van der Waals surface area contributed by atoms with Crippen LogP contribution in [0.1, 0.15) is 15.9 Å². The molecule has 3 nitrogen and oxygen atoms in total. The van der Waals surface area contributed by atoms with E-state index in [-0.39, 0.29) is 5.56 Å². The fourth-order valence-electron chi connectivity index (χ4n) is 1.94. The van der Waals surface area contributed by atoms with Crippen molar-refractivity contribution in [1.29, 1.82) is 0 Å². The van der Waals surface area contributed by atoms with Crippen LogP contribution < -0.4 is 4.74 Å². The van der Waals surface area contributed by atoms with Gasteiger partial charge in [0, 0.05) is 13.6 Å². The molecule has 0 aliphatic heterocycles. The van der Waals surface area contributed by atoms with Crippen LogP contribution in [-0.4, -0.2) is 25.0 Å². The second-order valence-electron chi connectivity index (χ2n) is 4.63. The number of ether oxygens (including phenoxy) is 1. The van der Waals surface area contributed by atoms with Gasteiger partial charge in [0.05, 0.1) is 12.7 Å². The van der Waals surface area contributed by atoms with E-state index in [0.29, 0.717) is 12.3 Å². The number of rotatable bonds is 4. The molecule has 0 heterocycles. The lowest BCUT2D eigenvalue weighted by molar-refractivity contribution is 0.0780. The Hall–Kier alpha value is -2.43. The van der Waals surface area contributed by atoms with E-state index in [4.69, 9.17) is 4.74 Å². The summed E-state index contributed by atoms with van der Waals surface area (Å²) in [4.78, 5) is 13.5. The third-order valence-electron chi connectivity index (χ3n) is 3.08. The fraction of sp³-hybridized carbons (Fsp3) is 0.188. The number of nitrogens with zero attached hydrogens (tertiary/aromatic N) is 1. The van der Waals surface area contributed by atoms with E-state index in [1.807, 2.05) is 12.1 Å². The van der Waals surface area contributed by atoms with Crippen molar-refractivity contribution in [3.05, 3.63) is 65.2 Å². The molecule has 0 fully saturated rings. The monoisotopic (exact) mass is 291 g/mol. The summed E-state index contributed by atoms with van der Waals surface area (Å²) in [5, 5.41) is 0. The van der Waals surface area contributed by atoms with Crippen molar-refractivity contribution in [3.63, 3.8) is 0 Å². The summed E-state index contributed by atoms with van der Waals surface area (Å²) in [5.41, 5.74) is 0.592. The largest absolute Gasteiger partial charge is 0.497 e. The quantitative estimate of drug-likeness (QED) is 0.865. The lowest BCUT2D eigenvalue weighted by Gasteiger charge is -2.18. The van der Waals surface area contributed by atoms with Crippen LogP contribution in [-0.2, 0) is 6.54 Å². The zero-order valence-corrected chi connectivity index (χ0v) is 11.8. The van der Waals surface area contributed by atoms with Gasteiger partial charge in [-0.1, -0.05) is 12.1 Å². The topological polar surface area (TPSA) is 29.5 Å². The average Bonchev–Trinajstić information content (AvgIpc) is 2.49. The number of carbonyl (C=O) groups excluding carboxylic acids is 1. The first-order valence-electron chi connectivity index (χ1n) is 6.34. The molecule has 21 heavy (non-hydrogen) atoms. The highest BCUT2D eigenvalue weighted by Gasteiger charge is 2.17. The first-order valence-corrected chi connectivity index (χ1v) is 6.34. The van der Waals surface area contributed by atoms with Crippen molar-refractivity contribution >= 4 is 5.91 Å². The van der Waals surface area contributed by atoms with Gasteiger partial charge in [-0.3, -0.25) is 4.79 Å². The summed E-state index contributed by atoms with van der Waals surface area (Å²) in [6, 6.07) is 10.0. The Balaban J connectivity index is 2.13. The van der Waals surface area contributed by atoms with Gasteiger partial charge < -0.3 is 9.64 Å². The highest BCUT2D eigenvalue weighted by Crippen LogP contribution is 2.16. The van der Waals surface area contributed by atoms with Crippen molar-refractivity contribution in [2.24, 2.45) is 0 Å².